The number of carbonyl (C=O) groups excluding carboxylic acids is 1. The molecular weight excluding hydrogens is 148 g/mol. The van der Waals surface area contributed by atoms with E-state index >= 15 is 0 Å². The first-order chi connectivity index (χ1) is 5.76. The van der Waals surface area contributed by atoms with Crippen LogP contribution in [0.15, 0.2) is 11.1 Å². The number of hydrogen-bond donors (Lipinski definition) is 0. The molecule has 0 heterocycles. The highest BCUT2D eigenvalue weighted by Crippen LogP contribution is 2.47. The van der Waals surface area contributed by atoms with Crippen molar-refractivity contribution in [2.75, 3.05) is 0 Å². The molecular formula is C11H16O. The van der Waals surface area contributed by atoms with Crippen molar-refractivity contribution in [2.45, 2.75) is 45.4 Å². The lowest BCUT2D eigenvalue weighted by molar-refractivity contribution is -0.113. The van der Waals surface area contributed by atoms with Gasteiger partial charge < -0.3 is 4.79 Å². The average molecular weight is 164 g/mol. The Kier molecular flexibility index (Phi) is 1.82. The molecule has 0 aromatic carbocycles. The van der Waals surface area contributed by atoms with Crippen LogP contribution < -0.4 is 0 Å². The van der Waals surface area contributed by atoms with E-state index in [-0.39, 0.29) is 5.41 Å². The van der Waals surface area contributed by atoms with Crippen LogP contribution >= 0.6 is 0 Å². The molecule has 0 saturated heterocycles. The summed E-state index contributed by atoms with van der Waals surface area (Å²) in [7, 11) is 0. The number of carbonyl (C=O) groups is 1. The zero-order valence-corrected chi connectivity index (χ0v) is 7.73. The Morgan fingerprint density at radius 2 is 2.00 bits per heavy atom. The molecule has 0 spiro atoms. The highest BCUT2D eigenvalue weighted by Gasteiger charge is 2.36. The van der Waals surface area contributed by atoms with Gasteiger partial charge in [-0.25, -0.2) is 0 Å². The molecule has 66 valence electrons. The van der Waals surface area contributed by atoms with Crippen LogP contribution in [-0.4, -0.2) is 6.29 Å². The topological polar surface area (TPSA) is 17.1 Å². The Morgan fingerprint density at radius 1 is 1.25 bits per heavy atom. The van der Waals surface area contributed by atoms with E-state index in [0.29, 0.717) is 0 Å². The Bertz CT molecular complexity index is 239. The first kappa shape index (κ1) is 8.03. The summed E-state index contributed by atoms with van der Waals surface area (Å²) in [5.41, 5.74) is 3.02. The second-order valence-corrected chi connectivity index (χ2v) is 4.32. The Morgan fingerprint density at radius 3 is 2.75 bits per heavy atom. The molecule has 2 aliphatic carbocycles. The van der Waals surface area contributed by atoms with Crippen molar-refractivity contribution in [2.24, 2.45) is 5.41 Å². The molecule has 0 amide bonds. The van der Waals surface area contributed by atoms with Gasteiger partial charge in [-0.15, -0.1) is 0 Å². The third-order valence-electron chi connectivity index (χ3n) is 3.48. The maximum absolute atomic E-state index is 10.9. The first-order valence-corrected chi connectivity index (χ1v) is 4.94. The Labute approximate surface area is 73.8 Å². The van der Waals surface area contributed by atoms with E-state index in [0.717, 1.165) is 6.42 Å². The van der Waals surface area contributed by atoms with Crippen LogP contribution in [0, 0.1) is 5.41 Å². The smallest absolute Gasteiger partial charge is 0.129 e. The van der Waals surface area contributed by atoms with Gasteiger partial charge in [-0.2, -0.15) is 0 Å². The maximum Gasteiger partial charge on any atom is 0.129 e. The van der Waals surface area contributed by atoms with Crippen molar-refractivity contribution in [3.63, 3.8) is 0 Å². The fourth-order valence-electron chi connectivity index (χ4n) is 2.62. The summed E-state index contributed by atoms with van der Waals surface area (Å²) >= 11 is 0. The molecule has 1 nitrogen and oxygen atoms in total. The van der Waals surface area contributed by atoms with Gasteiger partial charge in [0.15, 0.2) is 0 Å². The van der Waals surface area contributed by atoms with E-state index in [1.165, 1.54) is 44.0 Å². The summed E-state index contributed by atoms with van der Waals surface area (Å²) in [5, 5.41) is 0. The van der Waals surface area contributed by atoms with Crippen LogP contribution in [0.4, 0.5) is 0 Å². The van der Waals surface area contributed by atoms with E-state index in [1.54, 1.807) is 5.57 Å². The van der Waals surface area contributed by atoms with Gasteiger partial charge in [-0.1, -0.05) is 11.1 Å². The number of hydrogen-bond acceptors (Lipinski definition) is 1. The summed E-state index contributed by atoms with van der Waals surface area (Å²) in [6, 6.07) is 0. The van der Waals surface area contributed by atoms with Crippen LogP contribution in [0.1, 0.15) is 45.4 Å². The Hall–Kier alpha value is -0.590. The minimum absolute atomic E-state index is 0.0737. The van der Waals surface area contributed by atoms with E-state index in [4.69, 9.17) is 0 Å². The van der Waals surface area contributed by atoms with Gasteiger partial charge in [0.25, 0.3) is 0 Å². The van der Waals surface area contributed by atoms with Crippen molar-refractivity contribution in [3.05, 3.63) is 11.1 Å². The third-order valence-corrected chi connectivity index (χ3v) is 3.48. The predicted molar refractivity (Wildman–Crippen MR) is 48.9 cm³/mol. The lowest BCUT2D eigenvalue weighted by atomic mass is 9.80. The fraction of sp³-hybridized carbons (Fsp3) is 0.727. The first-order valence-electron chi connectivity index (χ1n) is 4.94. The van der Waals surface area contributed by atoms with Gasteiger partial charge in [0.05, 0.1) is 0 Å². The quantitative estimate of drug-likeness (QED) is 0.430. The monoisotopic (exact) mass is 164 g/mol. The molecule has 1 atom stereocenters. The second-order valence-electron chi connectivity index (χ2n) is 4.32. The normalized spacial score (nSPS) is 35.1. The molecule has 0 aromatic rings. The largest absolute Gasteiger partial charge is 0.302 e. The zero-order chi connectivity index (χ0) is 8.60. The van der Waals surface area contributed by atoms with Gasteiger partial charge in [-0.05, 0) is 45.4 Å². The molecule has 2 aliphatic rings. The van der Waals surface area contributed by atoms with Crippen molar-refractivity contribution in [3.8, 4) is 0 Å². The molecule has 0 fully saturated rings. The number of allylic oxidation sites excluding steroid dienone is 2. The van der Waals surface area contributed by atoms with Crippen molar-refractivity contribution >= 4 is 6.29 Å². The number of aldehydes is 1. The molecule has 1 heteroatoms. The predicted octanol–water partition coefficient (Wildman–Crippen LogP) is 2.86. The molecule has 0 aliphatic heterocycles. The van der Waals surface area contributed by atoms with E-state index in [2.05, 4.69) is 6.92 Å². The lowest BCUT2D eigenvalue weighted by Crippen LogP contribution is -2.18. The Balaban J connectivity index is 2.32. The molecule has 2 rings (SSSR count). The van der Waals surface area contributed by atoms with Crippen LogP contribution in [0.2, 0.25) is 0 Å². The second kappa shape index (κ2) is 2.72. The van der Waals surface area contributed by atoms with Gasteiger partial charge in [0.2, 0.25) is 0 Å². The molecule has 0 N–H and O–H groups in total. The molecule has 12 heavy (non-hydrogen) atoms. The van der Waals surface area contributed by atoms with Gasteiger partial charge in [0.1, 0.15) is 6.29 Å². The van der Waals surface area contributed by atoms with E-state index in [1.807, 2.05) is 0 Å². The van der Waals surface area contributed by atoms with Crippen LogP contribution in [0.25, 0.3) is 0 Å². The minimum atomic E-state index is -0.0737. The average Bonchev–Trinajstić information content (AvgIpc) is 2.46. The minimum Gasteiger partial charge on any atom is -0.302 e. The fourth-order valence-corrected chi connectivity index (χ4v) is 2.62. The standard InChI is InChI=1S/C11H16O/c1-11(8-12)7-6-9-4-2-3-5-10(9)11/h8H,2-7H2,1H3. The summed E-state index contributed by atoms with van der Waals surface area (Å²) in [4.78, 5) is 10.9. The zero-order valence-electron chi connectivity index (χ0n) is 7.73. The number of rotatable bonds is 1. The maximum atomic E-state index is 10.9. The summed E-state index contributed by atoms with van der Waals surface area (Å²) in [6.07, 6.45) is 8.51. The van der Waals surface area contributed by atoms with Crippen molar-refractivity contribution in [1.82, 2.24) is 0 Å². The van der Waals surface area contributed by atoms with Crippen molar-refractivity contribution in [1.29, 1.82) is 0 Å². The van der Waals surface area contributed by atoms with Gasteiger partial charge >= 0.3 is 0 Å². The van der Waals surface area contributed by atoms with Crippen LogP contribution in [0.3, 0.4) is 0 Å². The van der Waals surface area contributed by atoms with E-state index in [9.17, 15) is 4.79 Å². The lowest BCUT2D eigenvalue weighted by Gasteiger charge is -2.23. The molecule has 0 aromatic heterocycles. The van der Waals surface area contributed by atoms with Crippen LogP contribution in [-0.2, 0) is 4.79 Å². The van der Waals surface area contributed by atoms with E-state index < -0.39 is 0 Å². The third kappa shape index (κ3) is 1.03. The van der Waals surface area contributed by atoms with Crippen LogP contribution in [0.5, 0.6) is 0 Å². The SMILES string of the molecule is CC1(C=O)CCC2=C1CCCC2. The molecule has 0 bridgehead atoms. The summed E-state index contributed by atoms with van der Waals surface area (Å²) < 4.78 is 0. The molecule has 0 radical (unpaired) electrons. The van der Waals surface area contributed by atoms with Crippen molar-refractivity contribution < 1.29 is 4.79 Å². The molecule has 1 unspecified atom stereocenters. The summed E-state index contributed by atoms with van der Waals surface area (Å²) in [5.74, 6) is 0. The van der Waals surface area contributed by atoms with Gasteiger partial charge in [0, 0.05) is 5.41 Å². The molecule has 0 saturated carbocycles. The highest BCUT2D eigenvalue weighted by atomic mass is 16.1. The highest BCUT2D eigenvalue weighted by molar-refractivity contribution is 5.66. The summed E-state index contributed by atoms with van der Waals surface area (Å²) in [6.45, 7) is 2.10. The van der Waals surface area contributed by atoms with Gasteiger partial charge in [-0.3, -0.25) is 0 Å².